The first-order chi connectivity index (χ1) is 8.06. The maximum atomic E-state index is 11.8. The van der Waals surface area contributed by atoms with E-state index in [-0.39, 0.29) is 21.4 Å². The molecule has 1 amide bonds. The van der Waals surface area contributed by atoms with E-state index >= 15 is 0 Å². The van der Waals surface area contributed by atoms with Gasteiger partial charge in [0.2, 0.25) is 5.91 Å². The highest BCUT2D eigenvalue weighted by Crippen LogP contribution is 2.27. The zero-order valence-corrected chi connectivity index (χ0v) is 10.7. The monoisotopic (exact) mass is 271 g/mol. The van der Waals surface area contributed by atoms with Crippen LogP contribution in [-0.4, -0.2) is 32.8 Å². The zero-order chi connectivity index (χ0) is 12.4. The molecular formula is C10H10ClN3O2S. The summed E-state index contributed by atoms with van der Waals surface area (Å²) in [7, 11) is 0. The molecule has 0 N–H and O–H groups in total. The number of halogens is 1. The molecular weight excluding hydrogens is 262 g/mol. The number of hydrogen-bond acceptors (Lipinski definition) is 5. The summed E-state index contributed by atoms with van der Waals surface area (Å²) in [6, 6.07) is 0. The molecule has 1 aliphatic rings. The average molecular weight is 272 g/mol. The number of amides is 1. The van der Waals surface area contributed by atoms with Gasteiger partial charge in [0.05, 0.1) is 12.4 Å². The van der Waals surface area contributed by atoms with Crippen LogP contribution in [0.4, 0.5) is 5.82 Å². The highest BCUT2D eigenvalue weighted by molar-refractivity contribution is 8.14. The third-order valence-corrected chi connectivity index (χ3v) is 3.45. The molecule has 0 spiro atoms. The molecule has 1 aromatic rings. The molecule has 0 aliphatic carbocycles. The van der Waals surface area contributed by atoms with Gasteiger partial charge >= 0.3 is 0 Å². The molecule has 1 atom stereocenters. The van der Waals surface area contributed by atoms with Crippen molar-refractivity contribution >= 4 is 40.2 Å². The lowest BCUT2D eigenvalue weighted by molar-refractivity contribution is -0.117. The highest BCUT2D eigenvalue weighted by Gasteiger charge is 2.32. The Labute approximate surface area is 108 Å². The second-order valence-corrected chi connectivity index (χ2v) is 5.50. The van der Waals surface area contributed by atoms with Crippen LogP contribution >= 0.6 is 23.4 Å². The van der Waals surface area contributed by atoms with Crippen LogP contribution in [-0.2, 0) is 9.59 Å². The maximum Gasteiger partial charge on any atom is 0.229 e. The number of rotatable bonds is 2. The summed E-state index contributed by atoms with van der Waals surface area (Å²) in [5, 5.41) is 0.251. The third-order valence-electron chi connectivity index (χ3n) is 2.29. The van der Waals surface area contributed by atoms with Gasteiger partial charge in [0.25, 0.3) is 0 Å². The summed E-state index contributed by atoms with van der Waals surface area (Å²) in [6.07, 6.45) is 3.25. The van der Waals surface area contributed by atoms with Crippen molar-refractivity contribution in [2.24, 2.45) is 0 Å². The van der Waals surface area contributed by atoms with Gasteiger partial charge in [0, 0.05) is 25.1 Å². The molecule has 2 heterocycles. The first-order valence-electron chi connectivity index (χ1n) is 5.01. The quantitative estimate of drug-likeness (QED) is 0.816. The molecule has 0 aromatic carbocycles. The SMILES string of the molecule is CC(=O)SC1CC(=O)N(c2cncc(Cl)n2)C1. The van der Waals surface area contributed by atoms with E-state index in [4.69, 9.17) is 11.6 Å². The molecule has 1 unspecified atom stereocenters. The highest BCUT2D eigenvalue weighted by atomic mass is 35.5. The van der Waals surface area contributed by atoms with Crippen molar-refractivity contribution in [2.45, 2.75) is 18.6 Å². The normalized spacial score (nSPS) is 19.8. The fourth-order valence-electron chi connectivity index (χ4n) is 1.67. The van der Waals surface area contributed by atoms with Gasteiger partial charge in [-0.1, -0.05) is 23.4 Å². The summed E-state index contributed by atoms with van der Waals surface area (Å²) in [5.41, 5.74) is 0. The average Bonchev–Trinajstić information content (AvgIpc) is 2.58. The van der Waals surface area contributed by atoms with Crippen LogP contribution in [0.3, 0.4) is 0 Å². The topological polar surface area (TPSA) is 63.2 Å². The Kier molecular flexibility index (Phi) is 3.63. The van der Waals surface area contributed by atoms with Crippen LogP contribution < -0.4 is 4.90 Å². The molecule has 1 aromatic heterocycles. The lowest BCUT2D eigenvalue weighted by Crippen LogP contribution is -2.26. The Morgan fingerprint density at radius 1 is 1.59 bits per heavy atom. The molecule has 90 valence electrons. The number of thioether (sulfide) groups is 1. The molecule has 5 nitrogen and oxygen atoms in total. The summed E-state index contributed by atoms with van der Waals surface area (Å²) in [4.78, 5) is 32.2. The number of anilines is 1. The Balaban J connectivity index is 2.13. The van der Waals surface area contributed by atoms with Gasteiger partial charge in [-0.2, -0.15) is 0 Å². The Morgan fingerprint density at radius 3 is 3.00 bits per heavy atom. The lowest BCUT2D eigenvalue weighted by Gasteiger charge is -2.14. The van der Waals surface area contributed by atoms with Crippen LogP contribution in [0.2, 0.25) is 5.15 Å². The van der Waals surface area contributed by atoms with Gasteiger partial charge in [0.15, 0.2) is 10.9 Å². The zero-order valence-electron chi connectivity index (χ0n) is 9.09. The summed E-state index contributed by atoms with van der Waals surface area (Å²) < 4.78 is 0. The first kappa shape index (κ1) is 12.3. The Bertz CT molecular complexity index is 469. The number of carbonyl (C=O) groups is 2. The van der Waals surface area contributed by atoms with E-state index in [0.717, 1.165) is 0 Å². The molecule has 1 saturated heterocycles. The van der Waals surface area contributed by atoms with E-state index in [1.165, 1.54) is 36.0 Å². The van der Waals surface area contributed by atoms with Crippen molar-refractivity contribution < 1.29 is 9.59 Å². The minimum atomic E-state index is -0.0553. The van der Waals surface area contributed by atoms with Crippen LogP contribution in [0.25, 0.3) is 0 Å². The minimum Gasteiger partial charge on any atom is -0.294 e. The largest absolute Gasteiger partial charge is 0.294 e. The van der Waals surface area contributed by atoms with Crippen molar-refractivity contribution in [1.82, 2.24) is 9.97 Å². The van der Waals surface area contributed by atoms with Crippen LogP contribution in [0, 0.1) is 0 Å². The van der Waals surface area contributed by atoms with Crippen molar-refractivity contribution in [2.75, 3.05) is 11.4 Å². The lowest BCUT2D eigenvalue weighted by atomic mass is 10.4. The van der Waals surface area contributed by atoms with Gasteiger partial charge in [0.1, 0.15) is 5.15 Å². The molecule has 17 heavy (non-hydrogen) atoms. The van der Waals surface area contributed by atoms with Crippen molar-refractivity contribution in [3.63, 3.8) is 0 Å². The van der Waals surface area contributed by atoms with Gasteiger partial charge < -0.3 is 0 Å². The smallest absolute Gasteiger partial charge is 0.229 e. The van der Waals surface area contributed by atoms with Gasteiger partial charge in [-0.3, -0.25) is 19.5 Å². The van der Waals surface area contributed by atoms with E-state index in [9.17, 15) is 9.59 Å². The second-order valence-electron chi connectivity index (χ2n) is 3.64. The molecule has 0 radical (unpaired) electrons. The maximum absolute atomic E-state index is 11.8. The summed E-state index contributed by atoms with van der Waals surface area (Å²) in [6.45, 7) is 1.97. The number of aromatic nitrogens is 2. The van der Waals surface area contributed by atoms with E-state index in [0.29, 0.717) is 18.8 Å². The predicted molar refractivity (Wildman–Crippen MR) is 66.1 cm³/mol. The van der Waals surface area contributed by atoms with Crippen LogP contribution in [0.15, 0.2) is 12.4 Å². The number of hydrogen-bond donors (Lipinski definition) is 0. The minimum absolute atomic E-state index is 0.0132. The fourth-order valence-corrected chi connectivity index (χ4v) is 2.73. The Morgan fingerprint density at radius 2 is 2.35 bits per heavy atom. The van der Waals surface area contributed by atoms with E-state index in [1.54, 1.807) is 0 Å². The van der Waals surface area contributed by atoms with E-state index in [2.05, 4.69) is 9.97 Å². The summed E-state index contributed by atoms with van der Waals surface area (Å²) >= 11 is 6.91. The van der Waals surface area contributed by atoms with Gasteiger partial charge in [-0.15, -0.1) is 0 Å². The molecule has 1 aliphatic heterocycles. The van der Waals surface area contributed by atoms with Gasteiger partial charge in [-0.05, 0) is 0 Å². The molecule has 0 bridgehead atoms. The molecule has 7 heteroatoms. The van der Waals surface area contributed by atoms with Crippen molar-refractivity contribution in [3.8, 4) is 0 Å². The Hall–Kier alpha value is -1.14. The fraction of sp³-hybridized carbons (Fsp3) is 0.400. The third kappa shape index (κ3) is 2.95. The molecule has 2 rings (SSSR count). The first-order valence-corrected chi connectivity index (χ1v) is 6.27. The number of nitrogens with zero attached hydrogens (tertiary/aromatic N) is 3. The second kappa shape index (κ2) is 5.01. The van der Waals surface area contributed by atoms with Crippen molar-refractivity contribution in [3.05, 3.63) is 17.5 Å². The van der Waals surface area contributed by atoms with Crippen LogP contribution in [0.1, 0.15) is 13.3 Å². The molecule has 1 fully saturated rings. The van der Waals surface area contributed by atoms with Crippen LogP contribution in [0.5, 0.6) is 0 Å². The van der Waals surface area contributed by atoms with Crippen molar-refractivity contribution in [1.29, 1.82) is 0 Å². The summed E-state index contributed by atoms with van der Waals surface area (Å²) in [5.74, 6) is 0.384. The van der Waals surface area contributed by atoms with E-state index < -0.39 is 0 Å². The van der Waals surface area contributed by atoms with Gasteiger partial charge in [-0.25, -0.2) is 4.98 Å². The van der Waals surface area contributed by atoms with E-state index in [1.807, 2.05) is 0 Å². The standard InChI is InChI=1S/C10H10ClN3O2S/c1-6(15)17-7-2-10(16)14(5-7)9-4-12-3-8(11)13-9/h3-4,7H,2,5H2,1H3. The number of carbonyl (C=O) groups excluding carboxylic acids is 2. The predicted octanol–water partition coefficient (Wildman–Crippen LogP) is 1.51. The molecule has 0 saturated carbocycles.